The first-order valence-electron chi connectivity index (χ1n) is 7.73. The molecule has 20 heavy (non-hydrogen) atoms. The summed E-state index contributed by atoms with van der Waals surface area (Å²) in [5.41, 5.74) is -0.266. The monoisotopic (exact) mass is 282 g/mol. The maximum absolute atomic E-state index is 12.3. The predicted octanol–water partition coefficient (Wildman–Crippen LogP) is 1.22. The molecule has 0 bridgehead atoms. The highest BCUT2D eigenvalue weighted by Gasteiger charge is 2.38. The van der Waals surface area contributed by atoms with E-state index in [2.05, 4.69) is 10.6 Å². The molecule has 1 saturated carbocycles. The third-order valence-corrected chi connectivity index (χ3v) is 4.60. The molecule has 2 rings (SSSR count). The highest BCUT2D eigenvalue weighted by molar-refractivity contribution is 5.83. The van der Waals surface area contributed by atoms with Crippen LogP contribution in [0, 0.1) is 11.3 Å². The summed E-state index contributed by atoms with van der Waals surface area (Å²) in [7, 11) is 0. The second-order valence-electron chi connectivity index (χ2n) is 6.26. The summed E-state index contributed by atoms with van der Waals surface area (Å²) in [6.07, 6.45) is 4.28. The van der Waals surface area contributed by atoms with Gasteiger partial charge >= 0.3 is 5.97 Å². The average molecular weight is 282 g/mol. The van der Waals surface area contributed by atoms with Crippen LogP contribution in [-0.4, -0.2) is 37.6 Å². The molecule has 0 aromatic rings. The third kappa shape index (κ3) is 3.51. The third-order valence-electron chi connectivity index (χ3n) is 4.60. The van der Waals surface area contributed by atoms with Gasteiger partial charge in [0.1, 0.15) is 0 Å². The normalized spacial score (nSPS) is 33.7. The Morgan fingerprint density at radius 3 is 2.55 bits per heavy atom. The minimum atomic E-state index is -0.266. The Balaban J connectivity index is 1.77. The lowest BCUT2D eigenvalue weighted by molar-refractivity contribution is -0.149. The van der Waals surface area contributed by atoms with Gasteiger partial charge in [-0.2, -0.15) is 0 Å². The Labute approximate surface area is 120 Å². The molecule has 0 spiro atoms. The van der Waals surface area contributed by atoms with Crippen LogP contribution in [0.1, 0.15) is 46.0 Å². The van der Waals surface area contributed by atoms with Gasteiger partial charge in [0.15, 0.2) is 0 Å². The Bertz CT molecular complexity index is 356. The van der Waals surface area contributed by atoms with Crippen molar-refractivity contribution in [3.8, 4) is 0 Å². The summed E-state index contributed by atoms with van der Waals surface area (Å²) in [6, 6.07) is 0.214. The molecule has 2 N–H and O–H groups in total. The number of rotatable bonds is 4. The van der Waals surface area contributed by atoms with Crippen molar-refractivity contribution in [2.24, 2.45) is 11.3 Å². The first-order chi connectivity index (χ1) is 9.55. The number of hydrogen-bond acceptors (Lipinski definition) is 4. The molecule has 1 heterocycles. The molecule has 1 aliphatic carbocycles. The first-order valence-corrected chi connectivity index (χ1v) is 7.73. The van der Waals surface area contributed by atoms with Crippen molar-refractivity contribution in [2.45, 2.75) is 52.0 Å². The molecule has 114 valence electrons. The SMILES string of the molecule is CCOC(=O)C1CCC(NC(=O)C2(C)CCNC2)CC1. The Kier molecular flexibility index (Phi) is 5.02. The van der Waals surface area contributed by atoms with E-state index in [-0.39, 0.29) is 29.3 Å². The molecule has 1 unspecified atom stereocenters. The fourth-order valence-corrected chi connectivity index (χ4v) is 3.10. The highest BCUT2D eigenvalue weighted by atomic mass is 16.5. The van der Waals surface area contributed by atoms with Gasteiger partial charge in [-0.05, 0) is 52.5 Å². The number of hydrogen-bond donors (Lipinski definition) is 2. The van der Waals surface area contributed by atoms with E-state index < -0.39 is 0 Å². The van der Waals surface area contributed by atoms with Gasteiger partial charge in [0.05, 0.1) is 17.9 Å². The molecule has 1 aliphatic heterocycles. The van der Waals surface area contributed by atoms with Crippen molar-refractivity contribution in [1.29, 1.82) is 0 Å². The maximum atomic E-state index is 12.3. The van der Waals surface area contributed by atoms with Gasteiger partial charge in [0.2, 0.25) is 5.91 Å². The minimum Gasteiger partial charge on any atom is -0.466 e. The summed E-state index contributed by atoms with van der Waals surface area (Å²) >= 11 is 0. The molecule has 5 heteroatoms. The number of carbonyl (C=O) groups is 2. The lowest BCUT2D eigenvalue weighted by atomic mass is 9.84. The number of carbonyl (C=O) groups excluding carboxylic acids is 2. The first kappa shape index (κ1) is 15.3. The topological polar surface area (TPSA) is 67.4 Å². The molecule has 5 nitrogen and oxygen atoms in total. The zero-order valence-corrected chi connectivity index (χ0v) is 12.5. The summed E-state index contributed by atoms with van der Waals surface area (Å²) in [4.78, 5) is 24.0. The van der Waals surface area contributed by atoms with Crippen LogP contribution in [0.2, 0.25) is 0 Å². The molecule has 2 aliphatic rings. The second-order valence-corrected chi connectivity index (χ2v) is 6.26. The smallest absolute Gasteiger partial charge is 0.308 e. The largest absolute Gasteiger partial charge is 0.466 e. The zero-order chi connectivity index (χ0) is 14.6. The van der Waals surface area contributed by atoms with Gasteiger partial charge in [0.25, 0.3) is 0 Å². The molecule has 2 fully saturated rings. The van der Waals surface area contributed by atoms with E-state index >= 15 is 0 Å². The molecule has 1 amide bonds. The van der Waals surface area contributed by atoms with E-state index in [1.807, 2.05) is 13.8 Å². The fraction of sp³-hybridized carbons (Fsp3) is 0.867. The molecular weight excluding hydrogens is 256 g/mol. The summed E-state index contributed by atoms with van der Waals surface area (Å²) in [5, 5.41) is 6.41. The van der Waals surface area contributed by atoms with Crippen LogP contribution in [0.5, 0.6) is 0 Å². The molecular formula is C15H26N2O3. The lowest BCUT2D eigenvalue weighted by Crippen LogP contribution is -2.46. The Hall–Kier alpha value is -1.10. The van der Waals surface area contributed by atoms with Gasteiger partial charge in [-0.3, -0.25) is 9.59 Å². The molecule has 0 aromatic carbocycles. The van der Waals surface area contributed by atoms with Gasteiger partial charge in [0, 0.05) is 12.6 Å². The molecule has 1 saturated heterocycles. The average Bonchev–Trinajstić information content (AvgIpc) is 2.88. The van der Waals surface area contributed by atoms with E-state index in [9.17, 15) is 9.59 Å². The van der Waals surface area contributed by atoms with Gasteiger partial charge in [-0.1, -0.05) is 0 Å². The summed E-state index contributed by atoms with van der Waals surface area (Å²) in [5.74, 6) is 0.0955. The van der Waals surface area contributed by atoms with E-state index in [0.717, 1.165) is 45.2 Å². The molecule has 0 radical (unpaired) electrons. The van der Waals surface area contributed by atoms with Crippen LogP contribution in [0.4, 0.5) is 0 Å². The number of ether oxygens (including phenoxy) is 1. The molecule has 0 aromatic heterocycles. The van der Waals surface area contributed by atoms with Crippen LogP contribution in [0.15, 0.2) is 0 Å². The van der Waals surface area contributed by atoms with E-state index in [4.69, 9.17) is 4.74 Å². The van der Waals surface area contributed by atoms with E-state index in [1.54, 1.807) is 0 Å². The van der Waals surface area contributed by atoms with Crippen LogP contribution >= 0.6 is 0 Å². The Morgan fingerprint density at radius 1 is 1.30 bits per heavy atom. The Morgan fingerprint density at radius 2 is 2.00 bits per heavy atom. The van der Waals surface area contributed by atoms with Crippen molar-refractivity contribution < 1.29 is 14.3 Å². The van der Waals surface area contributed by atoms with Gasteiger partial charge < -0.3 is 15.4 Å². The van der Waals surface area contributed by atoms with Crippen molar-refractivity contribution in [1.82, 2.24) is 10.6 Å². The number of esters is 1. The van der Waals surface area contributed by atoms with E-state index in [1.165, 1.54) is 0 Å². The van der Waals surface area contributed by atoms with Crippen molar-refractivity contribution in [3.05, 3.63) is 0 Å². The van der Waals surface area contributed by atoms with Crippen molar-refractivity contribution in [2.75, 3.05) is 19.7 Å². The zero-order valence-electron chi connectivity index (χ0n) is 12.5. The molecule has 1 atom stereocenters. The predicted molar refractivity (Wildman–Crippen MR) is 76.1 cm³/mol. The van der Waals surface area contributed by atoms with Crippen LogP contribution in [0.3, 0.4) is 0 Å². The fourth-order valence-electron chi connectivity index (χ4n) is 3.10. The van der Waals surface area contributed by atoms with Gasteiger partial charge in [-0.15, -0.1) is 0 Å². The summed E-state index contributed by atoms with van der Waals surface area (Å²) < 4.78 is 5.06. The number of amides is 1. The lowest BCUT2D eigenvalue weighted by Gasteiger charge is -2.31. The van der Waals surface area contributed by atoms with Crippen LogP contribution in [0.25, 0.3) is 0 Å². The summed E-state index contributed by atoms with van der Waals surface area (Å²) in [6.45, 7) is 5.98. The second kappa shape index (κ2) is 6.57. The van der Waals surface area contributed by atoms with Crippen molar-refractivity contribution >= 4 is 11.9 Å². The van der Waals surface area contributed by atoms with E-state index in [0.29, 0.717) is 6.61 Å². The number of nitrogens with one attached hydrogen (secondary N) is 2. The van der Waals surface area contributed by atoms with Crippen molar-refractivity contribution in [3.63, 3.8) is 0 Å². The quantitative estimate of drug-likeness (QED) is 0.761. The van der Waals surface area contributed by atoms with Crippen LogP contribution < -0.4 is 10.6 Å². The standard InChI is InChI=1S/C15H26N2O3/c1-3-20-13(18)11-4-6-12(7-5-11)17-14(19)15(2)8-9-16-10-15/h11-12,16H,3-10H2,1-2H3,(H,17,19). The van der Waals surface area contributed by atoms with Crippen LogP contribution in [-0.2, 0) is 14.3 Å². The highest BCUT2D eigenvalue weighted by Crippen LogP contribution is 2.28. The maximum Gasteiger partial charge on any atom is 0.308 e. The van der Waals surface area contributed by atoms with Gasteiger partial charge in [-0.25, -0.2) is 0 Å². The minimum absolute atomic E-state index is 0.0202.